The van der Waals surface area contributed by atoms with E-state index in [0.717, 1.165) is 23.9 Å². The molecule has 17 heavy (non-hydrogen) atoms. The summed E-state index contributed by atoms with van der Waals surface area (Å²) >= 11 is 1.63. The normalized spacial score (nSPS) is 18.6. The molecular weight excluding hydrogens is 232 g/mol. The summed E-state index contributed by atoms with van der Waals surface area (Å²) in [6, 6.07) is 2.50. The molecule has 0 amide bonds. The van der Waals surface area contributed by atoms with Crippen molar-refractivity contribution in [3.63, 3.8) is 0 Å². The lowest BCUT2D eigenvalue weighted by molar-refractivity contribution is 0.405. The summed E-state index contributed by atoms with van der Waals surface area (Å²) in [5.41, 5.74) is -0.368. The zero-order valence-corrected chi connectivity index (χ0v) is 10.9. The van der Waals surface area contributed by atoms with E-state index in [0.29, 0.717) is 5.92 Å². The zero-order chi connectivity index (χ0) is 12.1. The topological polar surface area (TPSA) is 64.5 Å². The summed E-state index contributed by atoms with van der Waals surface area (Å²) in [4.78, 5) is 7.25. The third kappa shape index (κ3) is 3.02. The van der Waals surface area contributed by atoms with E-state index in [2.05, 4.69) is 28.3 Å². The van der Waals surface area contributed by atoms with Crippen LogP contribution in [0.15, 0.2) is 17.6 Å². The average Bonchev–Trinajstić information content (AvgIpc) is 3.08. The van der Waals surface area contributed by atoms with Gasteiger partial charge in [-0.25, -0.2) is 4.98 Å². The van der Waals surface area contributed by atoms with Crippen LogP contribution in [-0.4, -0.2) is 27.8 Å². The fraction of sp³-hybridized carbons (Fsp3) is 0.667. The second kappa shape index (κ2) is 5.56. The molecule has 1 heterocycles. The third-order valence-electron chi connectivity index (χ3n) is 3.07. The lowest BCUT2D eigenvalue weighted by Crippen LogP contribution is -2.48. The molecule has 1 aromatic rings. The molecule has 1 aromatic heterocycles. The molecule has 0 spiro atoms. The summed E-state index contributed by atoms with van der Waals surface area (Å²) in [6.45, 7) is 3.03. The van der Waals surface area contributed by atoms with E-state index in [1.807, 2.05) is 6.20 Å². The molecule has 4 nitrogen and oxygen atoms in total. The first-order valence-corrected chi connectivity index (χ1v) is 7.08. The zero-order valence-electron chi connectivity index (χ0n) is 10.1. The quantitative estimate of drug-likeness (QED) is 0.728. The number of hydrogen-bond acceptors (Lipinski definition) is 4. The van der Waals surface area contributed by atoms with E-state index in [1.165, 1.54) is 12.8 Å². The van der Waals surface area contributed by atoms with E-state index in [-0.39, 0.29) is 5.54 Å². The number of rotatable bonds is 7. The van der Waals surface area contributed by atoms with Crippen LogP contribution in [0.2, 0.25) is 0 Å². The van der Waals surface area contributed by atoms with Crippen molar-refractivity contribution < 1.29 is 0 Å². The summed E-state index contributed by atoms with van der Waals surface area (Å²) in [6.07, 6.45) is 6.95. The smallest absolute Gasteiger partial charge is 0.165 e. The Labute approximate surface area is 106 Å². The minimum absolute atomic E-state index is 0.368. The molecule has 1 aliphatic carbocycles. The largest absolute Gasteiger partial charge is 0.340 e. The van der Waals surface area contributed by atoms with Gasteiger partial charge in [0, 0.05) is 18.1 Å². The van der Waals surface area contributed by atoms with Crippen molar-refractivity contribution in [3.05, 3.63) is 12.4 Å². The fourth-order valence-electron chi connectivity index (χ4n) is 1.91. The summed E-state index contributed by atoms with van der Waals surface area (Å²) in [5, 5.41) is 13.8. The van der Waals surface area contributed by atoms with Crippen LogP contribution in [0, 0.1) is 17.2 Å². The van der Waals surface area contributed by atoms with Crippen molar-refractivity contribution in [1.82, 2.24) is 15.3 Å². The average molecular weight is 250 g/mol. The highest BCUT2D eigenvalue weighted by atomic mass is 32.2. The highest BCUT2D eigenvalue weighted by Crippen LogP contribution is 2.41. The van der Waals surface area contributed by atoms with Gasteiger partial charge in [-0.05, 0) is 31.7 Å². The van der Waals surface area contributed by atoms with Crippen molar-refractivity contribution in [2.75, 3.05) is 12.3 Å². The van der Waals surface area contributed by atoms with Crippen LogP contribution in [0.3, 0.4) is 0 Å². The fourth-order valence-corrected chi connectivity index (χ4v) is 2.97. The number of nitrogens with zero attached hydrogens (tertiary/aromatic N) is 2. The molecule has 1 saturated carbocycles. The molecule has 0 aliphatic heterocycles. The van der Waals surface area contributed by atoms with Crippen LogP contribution in [0.1, 0.15) is 26.2 Å². The Kier molecular flexibility index (Phi) is 4.08. The van der Waals surface area contributed by atoms with Crippen LogP contribution >= 0.6 is 11.8 Å². The van der Waals surface area contributed by atoms with E-state index < -0.39 is 0 Å². The minimum atomic E-state index is -0.368. The highest BCUT2D eigenvalue weighted by Gasteiger charge is 2.45. The van der Waals surface area contributed by atoms with Crippen molar-refractivity contribution in [1.29, 1.82) is 5.26 Å². The van der Waals surface area contributed by atoms with Gasteiger partial charge in [-0.1, -0.05) is 18.7 Å². The van der Waals surface area contributed by atoms with Crippen LogP contribution in [0.25, 0.3) is 0 Å². The maximum Gasteiger partial charge on any atom is 0.165 e. The number of thioether (sulfide) groups is 1. The van der Waals surface area contributed by atoms with E-state index in [4.69, 9.17) is 0 Å². The van der Waals surface area contributed by atoms with Gasteiger partial charge in [0.25, 0.3) is 0 Å². The lowest BCUT2D eigenvalue weighted by atomic mass is 9.97. The number of nitriles is 1. The van der Waals surface area contributed by atoms with Crippen molar-refractivity contribution in [3.8, 4) is 6.07 Å². The van der Waals surface area contributed by atoms with Gasteiger partial charge < -0.3 is 4.98 Å². The van der Waals surface area contributed by atoms with Gasteiger partial charge in [0.05, 0.1) is 6.07 Å². The molecule has 1 fully saturated rings. The first-order valence-electron chi connectivity index (χ1n) is 6.09. The second-order valence-electron chi connectivity index (χ2n) is 4.47. The van der Waals surface area contributed by atoms with Gasteiger partial charge in [-0.15, -0.1) is 0 Å². The van der Waals surface area contributed by atoms with Gasteiger partial charge in [0.15, 0.2) is 5.16 Å². The Morgan fingerprint density at radius 1 is 1.71 bits per heavy atom. The van der Waals surface area contributed by atoms with Crippen LogP contribution in [0.5, 0.6) is 0 Å². The number of aromatic nitrogens is 2. The number of hydrogen-bond donors (Lipinski definition) is 2. The molecule has 2 rings (SSSR count). The summed E-state index contributed by atoms with van der Waals surface area (Å²) < 4.78 is 0. The molecule has 1 atom stereocenters. The molecule has 0 aromatic carbocycles. The predicted molar refractivity (Wildman–Crippen MR) is 68.7 cm³/mol. The molecule has 1 aliphatic rings. The Morgan fingerprint density at radius 3 is 3.06 bits per heavy atom. The van der Waals surface area contributed by atoms with Crippen molar-refractivity contribution >= 4 is 11.8 Å². The molecule has 0 radical (unpaired) electrons. The minimum Gasteiger partial charge on any atom is -0.340 e. The van der Waals surface area contributed by atoms with Gasteiger partial charge >= 0.3 is 0 Å². The molecular formula is C12H18N4S. The first kappa shape index (κ1) is 12.5. The number of nitrogens with one attached hydrogen (secondary N) is 2. The highest BCUT2D eigenvalue weighted by molar-refractivity contribution is 7.99. The predicted octanol–water partition coefficient (Wildman–Crippen LogP) is 2.17. The number of H-pyrrole nitrogens is 1. The monoisotopic (exact) mass is 250 g/mol. The van der Waals surface area contributed by atoms with E-state index >= 15 is 0 Å². The molecule has 0 bridgehead atoms. The Balaban J connectivity index is 1.97. The standard InChI is InChI=1S/C12H18N4S/c1-2-5-16-12(8-13,10-3-4-10)9-17-11-14-6-7-15-11/h6-7,10,16H,2-5,9H2,1H3,(H,14,15). The van der Waals surface area contributed by atoms with Crippen LogP contribution in [-0.2, 0) is 0 Å². The van der Waals surface area contributed by atoms with E-state index in [1.54, 1.807) is 18.0 Å². The maximum atomic E-state index is 9.49. The number of aromatic amines is 1. The lowest BCUT2D eigenvalue weighted by Gasteiger charge is -2.27. The van der Waals surface area contributed by atoms with E-state index in [9.17, 15) is 5.26 Å². The molecule has 2 N–H and O–H groups in total. The maximum absolute atomic E-state index is 9.49. The molecule has 0 saturated heterocycles. The molecule has 92 valence electrons. The molecule has 1 unspecified atom stereocenters. The Bertz CT molecular complexity index is 380. The number of imidazole rings is 1. The van der Waals surface area contributed by atoms with Gasteiger partial charge in [0.2, 0.25) is 0 Å². The van der Waals surface area contributed by atoms with Gasteiger partial charge in [-0.3, -0.25) is 5.32 Å². The molecule has 5 heteroatoms. The summed E-state index contributed by atoms with van der Waals surface area (Å²) in [5.74, 6) is 1.28. The van der Waals surface area contributed by atoms with Crippen molar-refractivity contribution in [2.45, 2.75) is 36.9 Å². The van der Waals surface area contributed by atoms with Crippen LogP contribution in [0.4, 0.5) is 0 Å². The Morgan fingerprint density at radius 2 is 2.53 bits per heavy atom. The third-order valence-corrected chi connectivity index (χ3v) is 4.17. The first-order chi connectivity index (χ1) is 8.30. The van der Waals surface area contributed by atoms with Gasteiger partial charge in [0.1, 0.15) is 5.54 Å². The van der Waals surface area contributed by atoms with Crippen molar-refractivity contribution in [2.24, 2.45) is 5.92 Å². The second-order valence-corrected chi connectivity index (χ2v) is 5.43. The van der Waals surface area contributed by atoms with Gasteiger partial charge in [-0.2, -0.15) is 5.26 Å². The SMILES string of the molecule is CCCNC(C#N)(CSc1ncc[nH]1)C1CC1. The van der Waals surface area contributed by atoms with Crippen LogP contribution < -0.4 is 5.32 Å². The Hall–Kier alpha value is -0.990. The summed E-state index contributed by atoms with van der Waals surface area (Å²) in [7, 11) is 0.